The molecule has 3 rings (SSSR count). The van der Waals surface area contributed by atoms with Crippen LogP contribution in [0.15, 0.2) is 18.3 Å². The first-order valence-electron chi connectivity index (χ1n) is 7.11. The van der Waals surface area contributed by atoms with Crippen LogP contribution in [0.1, 0.15) is 23.4 Å². The van der Waals surface area contributed by atoms with Crippen molar-refractivity contribution in [1.82, 2.24) is 19.6 Å². The van der Waals surface area contributed by atoms with E-state index in [4.69, 9.17) is 0 Å². The van der Waals surface area contributed by atoms with Crippen LogP contribution < -0.4 is 5.32 Å². The minimum Gasteiger partial charge on any atom is -0.315 e. The Morgan fingerprint density at radius 2 is 2.16 bits per heavy atom. The number of nitrogens with one attached hydrogen (secondary N) is 1. The summed E-state index contributed by atoms with van der Waals surface area (Å²) in [5, 5.41) is 3.45. The van der Waals surface area contributed by atoms with E-state index >= 15 is 0 Å². The van der Waals surface area contributed by atoms with Gasteiger partial charge in [-0.1, -0.05) is 0 Å². The van der Waals surface area contributed by atoms with Crippen molar-refractivity contribution in [2.24, 2.45) is 0 Å². The highest BCUT2D eigenvalue weighted by Gasteiger charge is 2.14. The number of aromatic nitrogens is 2. The van der Waals surface area contributed by atoms with Crippen LogP contribution in [0, 0.1) is 13.8 Å². The topological polar surface area (TPSA) is 32.6 Å². The van der Waals surface area contributed by atoms with E-state index in [0.717, 1.165) is 37.5 Å². The van der Waals surface area contributed by atoms with Crippen LogP contribution in [0.5, 0.6) is 0 Å². The van der Waals surface area contributed by atoms with E-state index in [1.165, 1.54) is 24.2 Å². The minimum absolute atomic E-state index is 0.998. The highest BCUT2D eigenvalue weighted by molar-refractivity contribution is 5.45. The van der Waals surface area contributed by atoms with Crippen LogP contribution in [0.4, 0.5) is 0 Å². The maximum atomic E-state index is 4.68. The van der Waals surface area contributed by atoms with E-state index in [9.17, 15) is 0 Å². The molecule has 0 atom stereocenters. The van der Waals surface area contributed by atoms with Gasteiger partial charge in [-0.05, 0) is 51.1 Å². The highest BCUT2D eigenvalue weighted by Crippen LogP contribution is 2.16. The summed E-state index contributed by atoms with van der Waals surface area (Å²) >= 11 is 0. The number of aryl methyl sites for hydroxylation is 2. The monoisotopic (exact) mass is 258 g/mol. The van der Waals surface area contributed by atoms with E-state index in [1.807, 2.05) is 0 Å². The molecule has 19 heavy (non-hydrogen) atoms. The smallest absolute Gasteiger partial charge is 0.137 e. The van der Waals surface area contributed by atoms with E-state index in [-0.39, 0.29) is 0 Å². The maximum absolute atomic E-state index is 4.68. The van der Waals surface area contributed by atoms with Crippen molar-refractivity contribution < 1.29 is 0 Å². The van der Waals surface area contributed by atoms with Crippen molar-refractivity contribution in [3.8, 4) is 0 Å². The minimum atomic E-state index is 0.998. The first-order chi connectivity index (χ1) is 9.24. The number of nitrogens with zero attached hydrogens (tertiary/aromatic N) is 3. The van der Waals surface area contributed by atoms with Gasteiger partial charge in [-0.2, -0.15) is 0 Å². The van der Waals surface area contributed by atoms with Gasteiger partial charge in [0, 0.05) is 25.8 Å². The quantitative estimate of drug-likeness (QED) is 0.890. The van der Waals surface area contributed by atoms with Crippen molar-refractivity contribution in [3.05, 3.63) is 35.3 Å². The summed E-state index contributed by atoms with van der Waals surface area (Å²) in [6, 6.07) is 4.31. The number of rotatable bonds is 2. The van der Waals surface area contributed by atoms with Gasteiger partial charge in [0.2, 0.25) is 0 Å². The van der Waals surface area contributed by atoms with Gasteiger partial charge < -0.3 is 9.72 Å². The highest BCUT2D eigenvalue weighted by atomic mass is 15.2. The molecule has 2 aromatic heterocycles. The Balaban J connectivity index is 1.89. The number of imidazole rings is 1. The molecule has 1 aliphatic rings. The summed E-state index contributed by atoms with van der Waals surface area (Å²) in [7, 11) is 0. The molecule has 0 bridgehead atoms. The van der Waals surface area contributed by atoms with E-state index in [0.29, 0.717) is 0 Å². The SMILES string of the molecule is Cc1ccn2c(CN3CCCNCC3)c(C)nc2c1. The molecule has 1 aliphatic heterocycles. The third-order valence-electron chi connectivity index (χ3n) is 3.89. The zero-order chi connectivity index (χ0) is 13.2. The number of pyridine rings is 1. The molecule has 3 heterocycles. The normalized spacial score (nSPS) is 17.8. The standard InChI is InChI=1S/C15H22N4/c1-12-4-8-19-14(13(2)17-15(19)10-12)11-18-7-3-5-16-6-9-18/h4,8,10,16H,3,5-7,9,11H2,1-2H3. The van der Waals surface area contributed by atoms with Gasteiger partial charge in [-0.3, -0.25) is 4.90 Å². The Morgan fingerprint density at radius 1 is 1.26 bits per heavy atom. The molecule has 1 N–H and O–H groups in total. The fourth-order valence-electron chi connectivity index (χ4n) is 2.78. The lowest BCUT2D eigenvalue weighted by atomic mass is 10.3. The molecular formula is C15H22N4. The van der Waals surface area contributed by atoms with Crippen molar-refractivity contribution in [2.75, 3.05) is 26.2 Å². The molecular weight excluding hydrogens is 236 g/mol. The van der Waals surface area contributed by atoms with Gasteiger partial charge in [-0.15, -0.1) is 0 Å². The van der Waals surface area contributed by atoms with Gasteiger partial charge >= 0.3 is 0 Å². The Kier molecular flexibility index (Phi) is 3.53. The zero-order valence-electron chi connectivity index (χ0n) is 11.8. The number of fused-ring (bicyclic) bond motifs is 1. The predicted molar refractivity (Wildman–Crippen MR) is 77.4 cm³/mol. The van der Waals surface area contributed by atoms with Crippen molar-refractivity contribution >= 4 is 5.65 Å². The maximum Gasteiger partial charge on any atom is 0.137 e. The second-order valence-corrected chi connectivity index (χ2v) is 5.46. The molecule has 1 saturated heterocycles. The van der Waals surface area contributed by atoms with Crippen LogP contribution in [-0.2, 0) is 6.54 Å². The van der Waals surface area contributed by atoms with Crippen molar-refractivity contribution in [1.29, 1.82) is 0 Å². The summed E-state index contributed by atoms with van der Waals surface area (Å²) < 4.78 is 2.24. The van der Waals surface area contributed by atoms with E-state index in [1.54, 1.807) is 0 Å². The summed E-state index contributed by atoms with van der Waals surface area (Å²) in [5.41, 5.74) is 4.82. The summed E-state index contributed by atoms with van der Waals surface area (Å²) in [6.45, 7) is 9.76. The van der Waals surface area contributed by atoms with Crippen LogP contribution in [0.3, 0.4) is 0 Å². The van der Waals surface area contributed by atoms with Gasteiger partial charge in [0.15, 0.2) is 0 Å². The molecule has 0 spiro atoms. The molecule has 4 heteroatoms. The fourth-order valence-corrected chi connectivity index (χ4v) is 2.78. The summed E-state index contributed by atoms with van der Waals surface area (Å²) in [4.78, 5) is 7.21. The molecule has 0 unspecified atom stereocenters. The van der Waals surface area contributed by atoms with Crippen molar-refractivity contribution in [3.63, 3.8) is 0 Å². The molecule has 0 amide bonds. The molecule has 2 aromatic rings. The molecule has 0 aliphatic carbocycles. The van der Waals surface area contributed by atoms with Crippen LogP contribution in [0.2, 0.25) is 0 Å². The van der Waals surface area contributed by atoms with E-state index in [2.05, 4.69) is 51.8 Å². The summed E-state index contributed by atoms with van der Waals surface area (Å²) in [5.74, 6) is 0. The second kappa shape index (κ2) is 5.31. The first-order valence-corrected chi connectivity index (χ1v) is 7.11. The number of hydrogen-bond acceptors (Lipinski definition) is 3. The Hall–Kier alpha value is -1.39. The Bertz CT molecular complexity index is 565. The van der Waals surface area contributed by atoms with E-state index < -0.39 is 0 Å². The summed E-state index contributed by atoms with van der Waals surface area (Å²) in [6.07, 6.45) is 3.38. The molecule has 0 saturated carbocycles. The van der Waals surface area contributed by atoms with Crippen LogP contribution in [-0.4, -0.2) is 40.5 Å². The van der Waals surface area contributed by atoms with Crippen LogP contribution >= 0.6 is 0 Å². The molecule has 1 fully saturated rings. The Morgan fingerprint density at radius 3 is 3.05 bits per heavy atom. The molecule has 0 aromatic carbocycles. The molecule has 0 radical (unpaired) electrons. The fraction of sp³-hybridized carbons (Fsp3) is 0.533. The van der Waals surface area contributed by atoms with Crippen molar-refractivity contribution in [2.45, 2.75) is 26.8 Å². The molecule has 4 nitrogen and oxygen atoms in total. The zero-order valence-corrected chi connectivity index (χ0v) is 11.8. The first kappa shape index (κ1) is 12.6. The average molecular weight is 258 g/mol. The largest absolute Gasteiger partial charge is 0.315 e. The third kappa shape index (κ3) is 2.65. The van der Waals surface area contributed by atoms with Gasteiger partial charge in [0.1, 0.15) is 5.65 Å². The lowest BCUT2D eigenvalue weighted by Crippen LogP contribution is -2.28. The second-order valence-electron chi connectivity index (χ2n) is 5.46. The Labute approximate surface area is 114 Å². The molecule has 102 valence electrons. The van der Waals surface area contributed by atoms with Gasteiger partial charge in [0.25, 0.3) is 0 Å². The average Bonchev–Trinajstić information content (AvgIpc) is 2.57. The third-order valence-corrected chi connectivity index (χ3v) is 3.89. The van der Waals surface area contributed by atoms with Gasteiger partial charge in [0.05, 0.1) is 11.4 Å². The van der Waals surface area contributed by atoms with Gasteiger partial charge in [-0.25, -0.2) is 4.98 Å². The van der Waals surface area contributed by atoms with Crippen LogP contribution in [0.25, 0.3) is 5.65 Å². The predicted octanol–water partition coefficient (Wildman–Crippen LogP) is 1.75. The number of hydrogen-bond donors (Lipinski definition) is 1. The lowest BCUT2D eigenvalue weighted by Gasteiger charge is -2.19. The lowest BCUT2D eigenvalue weighted by molar-refractivity contribution is 0.279.